The van der Waals surface area contributed by atoms with Gasteiger partial charge in [-0.05, 0) is 61.7 Å². The monoisotopic (exact) mass is 678 g/mol. The maximum absolute atomic E-state index is 12.5. The van der Waals surface area contributed by atoms with Crippen LogP contribution in [0.5, 0.6) is 23.0 Å². The fraction of sp³-hybridized carbons (Fsp3) is 0.286. The van der Waals surface area contributed by atoms with E-state index in [1.165, 1.54) is 13.3 Å². The Morgan fingerprint density at radius 3 is 2.58 bits per heavy atom. The lowest BCUT2D eigenvalue weighted by atomic mass is 9.95. The molecule has 4 rings (SSSR count). The first-order chi connectivity index (χ1) is 23.2. The standard InChI is InChI=1S/C35H39ClN4O8/c1-6-10-24-15-22(16-29(44-4)33(24)48-19-25-11-8-9-12-26(25)36)18-37-40-30(41)20-47-27-14-13-23(17-28(27)46-7-2)32-31(34(42)45-5)21(3)38-35(43)39-32/h6,8-9,11-18,30,32,40-41H,1,7,10,19-20H2,2-5H3,(H2,38,39,43)/b37-18-/t30-,32+/m1/s1. The topological polar surface area (TPSA) is 149 Å². The lowest BCUT2D eigenvalue weighted by molar-refractivity contribution is -0.136. The van der Waals surface area contributed by atoms with E-state index in [2.05, 4.69) is 27.7 Å². The van der Waals surface area contributed by atoms with Gasteiger partial charge in [-0.2, -0.15) is 5.10 Å². The Labute approximate surface area is 284 Å². The molecule has 0 saturated heterocycles. The number of carbonyl (C=O) groups excluding carboxylic acids is 2. The van der Waals surface area contributed by atoms with Crippen LogP contribution in [0.1, 0.15) is 42.1 Å². The van der Waals surface area contributed by atoms with E-state index in [0.29, 0.717) is 57.9 Å². The Balaban J connectivity index is 1.43. The number of aliphatic hydroxyl groups is 1. The van der Waals surface area contributed by atoms with Crippen LogP contribution in [-0.2, 0) is 22.6 Å². The van der Waals surface area contributed by atoms with E-state index in [0.717, 1.165) is 11.1 Å². The van der Waals surface area contributed by atoms with Crippen LogP contribution < -0.4 is 35.0 Å². The largest absolute Gasteiger partial charge is 0.493 e. The highest BCUT2D eigenvalue weighted by Crippen LogP contribution is 2.36. The maximum Gasteiger partial charge on any atom is 0.337 e. The van der Waals surface area contributed by atoms with Crippen molar-refractivity contribution in [2.24, 2.45) is 5.10 Å². The van der Waals surface area contributed by atoms with E-state index >= 15 is 0 Å². The molecule has 3 aromatic carbocycles. The molecular formula is C35H39ClN4O8. The van der Waals surface area contributed by atoms with Crippen LogP contribution in [0.4, 0.5) is 4.79 Å². The normalized spacial score (nSPS) is 14.9. The molecule has 0 radical (unpaired) electrons. The molecule has 1 aliphatic rings. The van der Waals surface area contributed by atoms with E-state index in [1.54, 1.807) is 50.4 Å². The SMILES string of the molecule is C=CCc1cc(/C=N\N[C@H](O)COc2ccc([C@@H]3NC(=O)NC(C)=C3C(=O)OC)cc2OCC)cc(OC)c1OCc1ccccc1Cl. The number of ether oxygens (including phenoxy) is 5. The van der Waals surface area contributed by atoms with Crippen molar-refractivity contribution in [1.29, 1.82) is 0 Å². The second kappa shape index (κ2) is 17.1. The van der Waals surface area contributed by atoms with Crippen molar-refractivity contribution in [3.8, 4) is 23.0 Å². The molecule has 4 N–H and O–H groups in total. The number of amides is 2. The van der Waals surface area contributed by atoms with E-state index in [-0.39, 0.29) is 18.8 Å². The van der Waals surface area contributed by atoms with Crippen molar-refractivity contribution in [3.63, 3.8) is 0 Å². The van der Waals surface area contributed by atoms with Crippen molar-refractivity contribution >= 4 is 29.8 Å². The molecule has 0 fully saturated rings. The molecule has 12 nitrogen and oxygen atoms in total. The number of methoxy groups -OCH3 is 2. The number of hydrazone groups is 1. The molecule has 0 aliphatic carbocycles. The highest BCUT2D eigenvalue weighted by Gasteiger charge is 2.32. The molecule has 0 bridgehead atoms. The summed E-state index contributed by atoms with van der Waals surface area (Å²) in [7, 11) is 2.83. The molecule has 1 aliphatic heterocycles. The highest BCUT2D eigenvalue weighted by molar-refractivity contribution is 6.31. The third-order valence-electron chi connectivity index (χ3n) is 7.18. The zero-order valence-corrected chi connectivity index (χ0v) is 27.9. The van der Waals surface area contributed by atoms with Gasteiger partial charge in [0, 0.05) is 21.8 Å². The molecular weight excluding hydrogens is 640 g/mol. The highest BCUT2D eigenvalue weighted by atomic mass is 35.5. The summed E-state index contributed by atoms with van der Waals surface area (Å²) < 4.78 is 28.3. The van der Waals surface area contributed by atoms with Gasteiger partial charge in [0.1, 0.15) is 13.2 Å². The lowest BCUT2D eigenvalue weighted by Gasteiger charge is -2.28. The maximum atomic E-state index is 12.5. The number of allylic oxidation sites excluding steroid dienone is 2. The molecule has 0 spiro atoms. The molecule has 2 amide bonds. The Morgan fingerprint density at radius 2 is 1.88 bits per heavy atom. The van der Waals surface area contributed by atoms with Crippen LogP contribution in [-0.4, -0.2) is 57.0 Å². The lowest BCUT2D eigenvalue weighted by Crippen LogP contribution is -2.45. The minimum Gasteiger partial charge on any atom is -0.493 e. The van der Waals surface area contributed by atoms with Crippen LogP contribution >= 0.6 is 11.6 Å². The van der Waals surface area contributed by atoms with E-state index in [4.69, 9.17) is 35.3 Å². The predicted molar refractivity (Wildman–Crippen MR) is 182 cm³/mol. The first-order valence-corrected chi connectivity index (χ1v) is 15.5. The minimum atomic E-state index is -1.18. The molecule has 0 aromatic heterocycles. The number of nitrogens with one attached hydrogen (secondary N) is 3. The summed E-state index contributed by atoms with van der Waals surface area (Å²) in [6, 6.07) is 14.9. The minimum absolute atomic E-state index is 0.173. The summed E-state index contributed by atoms with van der Waals surface area (Å²) in [6.07, 6.45) is 2.64. The van der Waals surface area contributed by atoms with Gasteiger partial charge >= 0.3 is 12.0 Å². The number of carbonyl (C=O) groups is 2. The smallest absolute Gasteiger partial charge is 0.337 e. The molecule has 48 heavy (non-hydrogen) atoms. The van der Waals surface area contributed by atoms with E-state index in [9.17, 15) is 14.7 Å². The van der Waals surface area contributed by atoms with Crippen molar-refractivity contribution in [1.82, 2.24) is 16.1 Å². The van der Waals surface area contributed by atoms with Gasteiger partial charge in [0.15, 0.2) is 29.2 Å². The molecule has 0 saturated carbocycles. The van der Waals surface area contributed by atoms with Gasteiger partial charge in [0.25, 0.3) is 0 Å². The third-order valence-corrected chi connectivity index (χ3v) is 7.55. The molecule has 2 atom stereocenters. The zero-order valence-electron chi connectivity index (χ0n) is 27.2. The number of halogens is 1. The average Bonchev–Trinajstić information content (AvgIpc) is 3.07. The van der Waals surface area contributed by atoms with Crippen LogP contribution in [0.25, 0.3) is 0 Å². The fourth-order valence-corrected chi connectivity index (χ4v) is 5.16. The number of benzene rings is 3. The molecule has 254 valence electrons. The number of esters is 1. The summed E-state index contributed by atoms with van der Waals surface area (Å²) in [5.74, 6) is 1.21. The molecule has 0 unspecified atom stereocenters. The average molecular weight is 679 g/mol. The van der Waals surface area contributed by atoms with Crippen molar-refractivity contribution < 1.29 is 38.4 Å². The van der Waals surface area contributed by atoms with E-state index < -0.39 is 24.3 Å². The number of hydrogen-bond donors (Lipinski definition) is 4. The summed E-state index contributed by atoms with van der Waals surface area (Å²) in [4.78, 5) is 24.7. The summed E-state index contributed by atoms with van der Waals surface area (Å²) >= 11 is 6.30. The first-order valence-electron chi connectivity index (χ1n) is 15.1. The Hall–Kier alpha value is -5.20. The number of urea groups is 1. The van der Waals surface area contributed by atoms with Crippen LogP contribution in [0.15, 0.2) is 83.6 Å². The third kappa shape index (κ3) is 8.99. The predicted octanol–water partition coefficient (Wildman–Crippen LogP) is 5.18. The fourth-order valence-electron chi connectivity index (χ4n) is 4.97. The van der Waals surface area contributed by atoms with Gasteiger partial charge < -0.3 is 39.4 Å². The Morgan fingerprint density at radius 1 is 1.08 bits per heavy atom. The van der Waals surface area contributed by atoms with Crippen LogP contribution in [0.2, 0.25) is 5.02 Å². The second-order valence-electron chi connectivity index (χ2n) is 10.5. The first kappa shape index (κ1) is 35.7. The van der Waals surface area contributed by atoms with Gasteiger partial charge in [-0.15, -0.1) is 6.58 Å². The van der Waals surface area contributed by atoms with E-state index in [1.807, 2.05) is 31.2 Å². The van der Waals surface area contributed by atoms with Gasteiger partial charge in [0.05, 0.1) is 38.7 Å². The van der Waals surface area contributed by atoms with Crippen molar-refractivity contribution in [2.45, 2.75) is 39.1 Å². The number of aliphatic hydroxyl groups excluding tert-OH is 1. The van der Waals surface area contributed by atoms with Gasteiger partial charge in [-0.3, -0.25) is 5.43 Å². The summed E-state index contributed by atoms with van der Waals surface area (Å²) in [5, 5.41) is 20.7. The Bertz CT molecular complexity index is 1690. The summed E-state index contributed by atoms with van der Waals surface area (Å²) in [5.41, 5.74) is 6.25. The Kier molecular flexibility index (Phi) is 12.7. The van der Waals surface area contributed by atoms with Gasteiger partial charge in [0.2, 0.25) is 0 Å². The summed E-state index contributed by atoms with van der Waals surface area (Å²) in [6.45, 7) is 7.70. The number of nitrogens with zero attached hydrogens (tertiary/aromatic N) is 1. The molecule has 1 heterocycles. The molecule has 3 aromatic rings. The zero-order chi connectivity index (χ0) is 34.6. The number of rotatable bonds is 16. The second-order valence-corrected chi connectivity index (χ2v) is 10.9. The van der Waals surface area contributed by atoms with Gasteiger partial charge in [-0.1, -0.05) is 41.9 Å². The van der Waals surface area contributed by atoms with Gasteiger partial charge in [-0.25, -0.2) is 9.59 Å². The molecule has 13 heteroatoms. The number of hydrogen-bond acceptors (Lipinski definition) is 10. The van der Waals surface area contributed by atoms with Crippen molar-refractivity contribution in [2.75, 3.05) is 27.4 Å². The van der Waals surface area contributed by atoms with Crippen LogP contribution in [0.3, 0.4) is 0 Å². The quantitative estimate of drug-likeness (QED) is 0.0529. The van der Waals surface area contributed by atoms with Crippen molar-refractivity contribution in [3.05, 3.63) is 106 Å². The van der Waals surface area contributed by atoms with Crippen LogP contribution in [0, 0.1) is 0 Å².